The van der Waals surface area contributed by atoms with Crippen molar-refractivity contribution in [2.45, 2.75) is 30.6 Å². The van der Waals surface area contributed by atoms with Crippen LogP contribution in [0, 0.1) is 29.5 Å². The van der Waals surface area contributed by atoms with Crippen molar-refractivity contribution in [3.05, 3.63) is 30.1 Å². The van der Waals surface area contributed by atoms with Crippen LogP contribution < -0.4 is 0 Å². The van der Waals surface area contributed by atoms with Crippen LogP contribution in [0.5, 0.6) is 0 Å². The van der Waals surface area contributed by atoms with Gasteiger partial charge in [0.2, 0.25) is 15.9 Å². The highest BCUT2D eigenvalue weighted by Gasteiger charge is 2.51. The van der Waals surface area contributed by atoms with Gasteiger partial charge in [-0.2, -0.15) is 4.31 Å². The molecule has 1 aliphatic heterocycles. The van der Waals surface area contributed by atoms with Gasteiger partial charge in [0.15, 0.2) is 0 Å². The molecule has 4 aliphatic rings. The first-order valence-electron chi connectivity index (χ1n) is 10.1. The van der Waals surface area contributed by atoms with E-state index in [0.29, 0.717) is 0 Å². The Morgan fingerprint density at radius 3 is 1.93 bits per heavy atom. The number of carboxylic acid groups (broad SMARTS) is 1. The van der Waals surface area contributed by atoms with Gasteiger partial charge < -0.3 is 10.0 Å². The average molecular weight is 424 g/mol. The molecule has 1 saturated heterocycles. The Morgan fingerprint density at radius 1 is 0.897 bits per heavy atom. The number of benzene rings is 1. The van der Waals surface area contributed by atoms with E-state index < -0.39 is 33.6 Å². The molecule has 1 amide bonds. The third-order valence-corrected chi connectivity index (χ3v) is 8.70. The molecule has 5 rings (SSSR count). The molecule has 3 saturated carbocycles. The van der Waals surface area contributed by atoms with Crippen LogP contribution in [-0.2, 0) is 19.6 Å². The standard InChI is InChI=1S/C20H25FN2O5S/c21-15-5-7-16(8-6-15)29(27,28)23-11-9-22(10-12-23)19(24)17-13-1-3-14(4-2-13)18(17)20(25)26/h5-8,13-14,17-18H,1-4,9-12H2,(H,25,26). The predicted molar refractivity (Wildman–Crippen MR) is 102 cm³/mol. The van der Waals surface area contributed by atoms with Crippen LogP contribution in [0.2, 0.25) is 0 Å². The van der Waals surface area contributed by atoms with Crippen molar-refractivity contribution in [3.8, 4) is 0 Å². The van der Waals surface area contributed by atoms with Gasteiger partial charge in [-0.05, 0) is 61.8 Å². The molecule has 0 spiro atoms. The second-order valence-corrected chi connectivity index (χ2v) is 10.2. The fraction of sp³-hybridized carbons (Fsp3) is 0.600. The molecule has 0 radical (unpaired) electrons. The van der Waals surface area contributed by atoms with E-state index >= 15 is 0 Å². The Kier molecular flexibility index (Phi) is 5.37. The number of halogens is 1. The van der Waals surface area contributed by atoms with Crippen LogP contribution in [0.15, 0.2) is 29.2 Å². The molecular formula is C20H25FN2O5S. The highest BCUT2D eigenvalue weighted by molar-refractivity contribution is 7.89. The van der Waals surface area contributed by atoms with Crippen molar-refractivity contribution >= 4 is 21.9 Å². The van der Waals surface area contributed by atoms with Gasteiger partial charge in [0.1, 0.15) is 5.82 Å². The molecule has 0 aromatic heterocycles. The average Bonchev–Trinajstić information content (AvgIpc) is 2.73. The van der Waals surface area contributed by atoms with Crippen molar-refractivity contribution < 1.29 is 27.5 Å². The minimum Gasteiger partial charge on any atom is -0.481 e. The number of amides is 1. The molecule has 1 aromatic rings. The molecule has 158 valence electrons. The van der Waals surface area contributed by atoms with Crippen molar-refractivity contribution in [2.75, 3.05) is 26.2 Å². The minimum absolute atomic E-state index is 0.0224. The van der Waals surface area contributed by atoms with Crippen molar-refractivity contribution in [3.63, 3.8) is 0 Å². The van der Waals surface area contributed by atoms with Crippen LogP contribution in [0.3, 0.4) is 0 Å². The smallest absolute Gasteiger partial charge is 0.307 e. The van der Waals surface area contributed by atoms with Gasteiger partial charge in [0.25, 0.3) is 0 Å². The number of rotatable bonds is 4. The molecule has 7 nitrogen and oxygen atoms in total. The fourth-order valence-corrected chi connectivity index (χ4v) is 6.70. The molecule has 1 N–H and O–H groups in total. The topological polar surface area (TPSA) is 95.0 Å². The first kappa shape index (κ1) is 20.3. The number of carbonyl (C=O) groups excluding carboxylic acids is 1. The van der Waals surface area contributed by atoms with Gasteiger partial charge in [0, 0.05) is 26.2 Å². The lowest BCUT2D eigenvalue weighted by atomic mass is 9.58. The number of hydrogen-bond acceptors (Lipinski definition) is 4. The minimum atomic E-state index is -3.75. The summed E-state index contributed by atoms with van der Waals surface area (Å²) in [4.78, 5) is 26.6. The number of hydrogen-bond donors (Lipinski definition) is 1. The van der Waals surface area contributed by atoms with E-state index in [1.165, 1.54) is 16.4 Å². The zero-order valence-electron chi connectivity index (χ0n) is 16.0. The normalized spacial score (nSPS) is 30.3. The molecule has 3 aliphatic carbocycles. The molecule has 1 heterocycles. The van der Waals surface area contributed by atoms with Crippen LogP contribution in [0.1, 0.15) is 25.7 Å². The summed E-state index contributed by atoms with van der Waals surface area (Å²) in [5, 5.41) is 9.69. The number of carboxylic acids is 1. The Bertz CT molecular complexity index is 888. The Labute approximate surface area is 169 Å². The van der Waals surface area contributed by atoms with Crippen LogP contribution in [-0.4, -0.2) is 60.8 Å². The van der Waals surface area contributed by atoms with Crippen LogP contribution in [0.25, 0.3) is 0 Å². The van der Waals surface area contributed by atoms with Crippen molar-refractivity contribution in [1.82, 2.24) is 9.21 Å². The van der Waals surface area contributed by atoms with E-state index in [-0.39, 0.29) is 48.8 Å². The number of fused-ring (bicyclic) bond motifs is 3. The second kappa shape index (κ2) is 7.68. The van der Waals surface area contributed by atoms with Gasteiger partial charge in [-0.25, -0.2) is 12.8 Å². The molecule has 2 bridgehead atoms. The quantitative estimate of drug-likeness (QED) is 0.795. The zero-order chi connectivity index (χ0) is 20.8. The van der Waals surface area contributed by atoms with Crippen molar-refractivity contribution in [2.24, 2.45) is 23.7 Å². The number of aliphatic carboxylic acids is 1. The predicted octanol–water partition coefficient (Wildman–Crippen LogP) is 1.80. The first-order valence-corrected chi connectivity index (χ1v) is 11.5. The van der Waals surface area contributed by atoms with Crippen molar-refractivity contribution in [1.29, 1.82) is 0 Å². The molecule has 4 fully saturated rings. The lowest BCUT2D eigenvalue weighted by Gasteiger charge is -2.48. The van der Waals surface area contributed by atoms with E-state index in [1.54, 1.807) is 4.90 Å². The summed E-state index contributed by atoms with van der Waals surface area (Å²) < 4.78 is 39.9. The Hall–Kier alpha value is -2.00. The lowest BCUT2D eigenvalue weighted by molar-refractivity contribution is -0.162. The molecule has 9 heteroatoms. The summed E-state index contributed by atoms with van der Waals surface area (Å²) in [6.45, 7) is 0.757. The molecule has 1 aromatic carbocycles. The summed E-state index contributed by atoms with van der Waals surface area (Å²) in [5.41, 5.74) is 0. The van der Waals surface area contributed by atoms with E-state index in [1.807, 2.05) is 0 Å². The Morgan fingerprint density at radius 2 is 1.41 bits per heavy atom. The largest absolute Gasteiger partial charge is 0.481 e. The van der Waals surface area contributed by atoms with E-state index in [4.69, 9.17) is 0 Å². The SMILES string of the molecule is O=C(O)C1C2CCC(CC2)C1C(=O)N1CCN(S(=O)(=O)c2ccc(F)cc2)CC1. The van der Waals surface area contributed by atoms with Crippen LogP contribution in [0.4, 0.5) is 4.39 Å². The van der Waals surface area contributed by atoms with E-state index in [0.717, 1.165) is 37.8 Å². The highest BCUT2D eigenvalue weighted by Crippen LogP contribution is 2.49. The Balaban J connectivity index is 1.45. The maximum atomic E-state index is 13.2. The molecular weight excluding hydrogens is 399 g/mol. The fourth-order valence-electron chi connectivity index (χ4n) is 5.28. The van der Waals surface area contributed by atoms with Gasteiger partial charge in [-0.1, -0.05) is 0 Å². The maximum Gasteiger partial charge on any atom is 0.307 e. The third-order valence-electron chi connectivity index (χ3n) is 6.79. The van der Waals surface area contributed by atoms with Gasteiger partial charge in [-0.15, -0.1) is 0 Å². The molecule has 29 heavy (non-hydrogen) atoms. The van der Waals surface area contributed by atoms with Gasteiger partial charge >= 0.3 is 5.97 Å². The third kappa shape index (κ3) is 3.66. The second-order valence-electron chi connectivity index (χ2n) is 8.25. The number of sulfonamides is 1. The number of piperazine rings is 1. The summed E-state index contributed by atoms with van der Waals surface area (Å²) in [7, 11) is -3.75. The van der Waals surface area contributed by atoms with Gasteiger partial charge in [0.05, 0.1) is 16.7 Å². The van der Waals surface area contributed by atoms with Gasteiger partial charge in [-0.3, -0.25) is 9.59 Å². The molecule has 2 atom stereocenters. The highest BCUT2D eigenvalue weighted by atomic mass is 32.2. The summed E-state index contributed by atoms with van der Waals surface area (Å²) in [6.07, 6.45) is 3.53. The monoisotopic (exact) mass is 424 g/mol. The maximum absolute atomic E-state index is 13.2. The summed E-state index contributed by atoms with van der Waals surface area (Å²) in [5.74, 6) is -2.51. The van der Waals surface area contributed by atoms with Crippen LogP contribution >= 0.6 is 0 Å². The first-order chi connectivity index (χ1) is 13.8. The van der Waals surface area contributed by atoms with E-state index in [9.17, 15) is 27.5 Å². The summed E-state index contributed by atoms with van der Waals surface area (Å²) in [6, 6.07) is 4.68. The zero-order valence-corrected chi connectivity index (χ0v) is 16.9. The van der Waals surface area contributed by atoms with E-state index in [2.05, 4.69) is 0 Å². The number of carbonyl (C=O) groups is 2. The molecule has 2 unspecified atom stereocenters. The summed E-state index contributed by atoms with van der Waals surface area (Å²) >= 11 is 0. The lowest BCUT2D eigenvalue weighted by Crippen LogP contribution is -2.56. The number of nitrogens with zero attached hydrogens (tertiary/aromatic N) is 2.